The lowest BCUT2D eigenvalue weighted by Crippen LogP contribution is -2.46. The summed E-state index contributed by atoms with van der Waals surface area (Å²) in [7, 11) is -1.90. The standard InChI is InChI=1S/C26H27N11O3S/c1-35-8-7-20(34-35)19-6-3-14(11-28-19)18-12-31-37-23(27)22(41(2,39)40)21(32-25(18)37)15-9-16-4-5-17(10-15)36(16)26(38)24-29-13-30-33-24/h3,6-8,11-13,15-17H,4-5,9-10,27H2,1-2H3,(H,29,30,33)/t15?,16-,17+. The number of hydrogen-bond acceptors (Lipinski definition) is 10. The number of nitrogen functional groups attached to an aromatic ring is 1. The average Bonchev–Trinajstić information content (AvgIpc) is 3.74. The van der Waals surface area contributed by atoms with Gasteiger partial charge in [0.25, 0.3) is 5.91 Å². The van der Waals surface area contributed by atoms with E-state index in [0.29, 0.717) is 29.7 Å². The van der Waals surface area contributed by atoms with Crippen LogP contribution in [-0.2, 0) is 16.9 Å². The van der Waals surface area contributed by atoms with Gasteiger partial charge in [0.2, 0.25) is 5.82 Å². The zero-order chi connectivity index (χ0) is 28.5. The fourth-order valence-corrected chi connectivity index (χ4v) is 7.36. The molecule has 3 N–H and O–H groups in total. The quantitative estimate of drug-likeness (QED) is 0.315. The number of sulfone groups is 1. The second kappa shape index (κ2) is 9.19. The third kappa shape index (κ3) is 4.15. The Morgan fingerprint density at radius 1 is 1.07 bits per heavy atom. The van der Waals surface area contributed by atoms with Gasteiger partial charge in [0.1, 0.15) is 22.7 Å². The normalized spacial score (nSPS) is 20.6. The molecular weight excluding hydrogens is 546 g/mol. The number of pyridine rings is 1. The van der Waals surface area contributed by atoms with Gasteiger partial charge in [-0.15, -0.1) is 0 Å². The van der Waals surface area contributed by atoms with Gasteiger partial charge in [-0.1, -0.05) is 6.07 Å². The number of nitrogens with zero attached hydrogens (tertiary/aromatic N) is 9. The minimum absolute atomic E-state index is 0.0114. The summed E-state index contributed by atoms with van der Waals surface area (Å²) < 4.78 is 29.2. The second-order valence-electron chi connectivity index (χ2n) is 10.7. The summed E-state index contributed by atoms with van der Waals surface area (Å²) in [5, 5.41) is 15.3. The summed E-state index contributed by atoms with van der Waals surface area (Å²) in [6.07, 6.45) is 10.4. The lowest BCUT2D eigenvalue weighted by molar-refractivity contribution is 0.0556. The molecule has 210 valence electrons. The Morgan fingerprint density at radius 2 is 1.85 bits per heavy atom. The molecular formula is C26H27N11O3S. The van der Waals surface area contributed by atoms with E-state index in [1.54, 1.807) is 17.1 Å². The van der Waals surface area contributed by atoms with Crippen LogP contribution in [0.4, 0.5) is 5.82 Å². The molecule has 2 aliphatic heterocycles. The Hall–Kier alpha value is -4.66. The topological polar surface area (TPSA) is 183 Å². The Balaban J connectivity index is 1.28. The Labute approximate surface area is 234 Å². The van der Waals surface area contributed by atoms with Crippen LogP contribution in [0.5, 0.6) is 0 Å². The molecule has 2 aliphatic rings. The molecule has 0 aromatic carbocycles. The van der Waals surface area contributed by atoms with Gasteiger partial charge in [0, 0.05) is 54.8 Å². The SMILES string of the molecule is Cn1ccc(-c2ccc(-c3cnn4c(N)c(S(C)(=O)=O)c(C5C[C@H]6CC[C@@H](C5)N6C(=O)c5ncn[nH]5)nc34)cn2)n1. The zero-order valence-electron chi connectivity index (χ0n) is 22.3. The van der Waals surface area contributed by atoms with Crippen molar-refractivity contribution in [2.75, 3.05) is 12.0 Å². The number of aromatic amines is 1. The first-order valence-electron chi connectivity index (χ1n) is 13.2. The van der Waals surface area contributed by atoms with Crippen molar-refractivity contribution in [2.24, 2.45) is 7.05 Å². The molecule has 1 amide bonds. The summed E-state index contributed by atoms with van der Waals surface area (Å²) in [6, 6.07) is 5.52. The summed E-state index contributed by atoms with van der Waals surface area (Å²) in [5.41, 5.74) is 10.3. The molecule has 14 nitrogen and oxygen atoms in total. The van der Waals surface area contributed by atoms with E-state index in [2.05, 4.69) is 30.4 Å². The fourth-order valence-electron chi connectivity index (χ4n) is 6.30. The van der Waals surface area contributed by atoms with Gasteiger partial charge < -0.3 is 10.6 Å². The number of fused-ring (bicyclic) bond motifs is 3. The molecule has 7 rings (SSSR count). The summed E-state index contributed by atoms with van der Waals surface area (Å²) in [5.74, 6) is -0.188. The average molecular weight is 574 g/mol. The number of carbonyl (C=O) groups excluding carboxylic acids is 1. The number of hydrogen-bond donors (Lipinski definition) is 2. The van der Waals surface area contributed by atoms with Crippen LogP contribution in [0.25, 0.3) is 28.2 Å². The van der Waals surface area contributed by atoms with Crippen molar-refractivity contribution in [1.29, 1.82) is 0 Å². The van der Waals surface area contributed by atoms with E-state index in [4.69, 9.17) is 10.7 Å². The molecule has 2 fully saturated rings. The Kier molecular flexibility index (Phi) is 5.67. The first-order valence-corrected chi connectivity index (χ1v) is 15.1. The van der Waals surface area contributed by atoms with Gasteiger partial charge in [-0.05, 0) is 37.8 Å². The Bertz CT molecular complexity index is 1880. The fraction of sp³-hybridized carbons (Fsp3) is 0.346. The molecule has 41 heavy (non-hydrogen) atoms. The van der Waals surface area contributed by atoms with E-state index >= 15 is 0 Å². The maximum atomic E-state index is 13.1. The summed E-state index contributed by atoms with van der Waals surface area (Å²) >= 11 is 0. The van der Waals surface area contributed by atoms with Gasteiger partial charge in [0.05, 0.1) is 17.6 Å². The highest BCUT2D eigenvalue weighted by Crippen LogP contribution is 2.45. The lowest BCUT2D eigenvalue weighted by atomic mass is 9.87. The van der Waals surface area contributed by atoms with Crippen LogP contribution in [0.1, 0.15) is 47.9 Å². The first kappa shape index (κ1) is 25.3. The molecule has 0 saturated carbocycles. The van der Waals surface area contributed by atoms with Crippen molar-refractivity contribution in [3.05, 3.63) is 54.6 Å². The predicted octanol–water partition coefficient (Wildman–Crippen LogP) is 1.85. The van der Waals surface area contributed by atoms with Crippen LogP contribution in [-0.4, -0.2) is 82.1 Å². The molecule has 1 unspecified atom stereocenters. The number of piperidine rings is 1. The van der Waals surface area contributed by atoms with Crippen LogP contribution in [0.2, 0.25) is 0 Å². The molecule has 15 heteroatoms. The largest absolute Gasteiger partial charge is 0.382 e. The van der Waals surface area contributed by atoms with Crippen LogP contribution in [0.15, 0.2) is 48.0 Å². The van der Waals surface area contributed by atoms with Crippen LogP contribution >= 0.6 is 0 Å². The van der Waals surface area contributed by atoms with E-state index in [0.717, 1.165) is 36.0 Å². The Morgan fingerprint density at radius 3 is 2.46 bits per heavy atom. The van der Waals surface area contributed by atoms with Gasteiger partial charge in [-0.3, -0.25) is 19.6 Å². The van der Waals surface area contributed by atoms with E-state index < -0.39 is 9.84 Å². The van der Waals surface area contributed by atoms with E-state index in [-0.39, 0.29) is 40.4 Å². The molecule has 2 saturated heterocycles. The summed E-state index contributed by atoms with van der Waals surface area (Å²) in [4.78, 5) is 28.5. The van der Waals surface area contributed by atoms with Crippen molar-refractivity contribution in [2.45, 2.75) is 48.6 Å². The predicted molar refractivity (Wildman–Crippen MR) is 147 cm³/mol. The molecule has 0 spiro atoms. The maximum Gasteiger partial charge on any atom is 0.291 e. The maximum absolute atomic E-state index is 13.1. The van der Waals surface area contributed by atoms with Crippen molar-refractivity contribution in [3.63, 3.8) is 0 Å². The van der Waals surface area contributed by atoms with Gasteiger partial charge >= 0.3 is 0 Å². The van der Waals surface area contributed by atoms with Crippen molar-refractivity contribution in [3.8, 4) is 22.5 Å². The minimum Gasteiger partial charge on any atom is -0.382 e. The van der Waals surface area contributed by atoms with E-state index in [1.165, 1.54) is 10.8 Å². The molecule has 0 aliphatic carbocycles. The molecule has 5 aromatic heterocycles. The second-order valence-corrected chi connectivity index (χ2v) is 12.6. The molecule has 7 heterocycles. The first-order chi connectivity index (χ1) is 19.7. The van der Waals surface area contributed by atoms with Crippen molar-refractivity contribution < 1.29 is 13.2 Å². The number of amides is 1. The monoisotopic (exact) mass is 573 g/mol. The van der Waals surface area contributed by atoms with E-state index in [9.17, 15) is 13.2 Å². The highest BCUT2D eigenvalue weighted by molar-refractivity contribution is 7.91. The van der Waals surface area contributed by atoms with E-state index in [1.807, 2.05) is 36.3 Å². The van der Waals surface area contributed by atoms with Crippen LogP contribution in [0.3, 0.4) is 0 Å². The highest BCUT2D eigenvalue weighted by atomic mass is 32.2. The highest BCUT2D eigenvalue weighted by Gasteiger charge is 2.46. The number of nitrogens with two attached hydrogens (primary N) is 1. The smallest absolute Gasteiger partial charge is 0.291 e. The van der Waals surface area contributed by atoms with Gasteiger partial charge in [-0.25, -0.2) is 18.4 Å². The summed E-state index contributed by atoms with van der Waals surface area (Å²) in [6.45, 7) is 0. The lowest BCUT2D eigenvalue weighted by Gasteiger charge is -2.38. The molecule has 0 radical (unpaired) electrons. The van der Waals surface area contributed by atoms with Crippen LogP contribution in [0, 0.1) is 0 Å². The molecule has 3 atom stereocenters. The van der Waals surface area contributed by atoms with Gasteiger partial charge in [-0.2, -0.15) is 19.8 Å². The number of rotatable bonds is 5. The minimum atomic E-state index is -3.75. The van der Waals surface area contributed by atoms with Crippen molar-refractivity contribution in [1.82, 2.24) is 49.4 Å². The zero-order valence-corrected chi connectivity index (χ0v) is 23.2. The number of nitrogens with one attached hydrogen (secondary N) is 1. The number of carbonyl (C=O) groups is 1. The van der Waals surface area contributed by atoms with Crippen molar-refractivity contribution >= 4 is 27.2 Å². The number of H-pyrrole nitrogens is 1. The number of aryl methyl sites for hydroxylation is 1. The molecule has 5 aromatic rings. The third-order valence-electron chi connectivity index (χ3n) is 8.06. The number of anilines is 1. The number of aromatic nitrogens is 9. The third-order valence-corrected chi connectivity index (χ3v) is 9.22. The molecule has 2 bridgehead atoms. The van der Waals surface area contributed by atoms with Gasteiger partial charge in [0.15, 0.2) is 15.5 Å². The van der Waals surface area contributed by atoms with Crippen LogP contribution < -0.4 is 5.73 Å².